The molecule has 0 unspecified atom stereocenters. The predicted molar refractivity (Wildman–Crippen MR) is 88.6 cm³/mol. The smallest absolute Gasteiger partial charge is 0.358 e. The van der Waals surface area contributed by atoms with E-state index >= 15 is 0 Å². The SMILES string of the molecule is O=C(O)c1ccc2cc1OCCOCC=Nc1cc[n+]3[nH]cc-2c3n1. The quantitative estimate of drug-likeness (QED) is 0.656. The zero-order chi connectivity index (χ0) is 17.2. The summed E-state index contributed by atoms with van der Waals surface area (Å²) in [7, 11) is 0. The van der Waals surface area contributed by atoms with Crippen LogP contribution in [-0.4, -0.2) is 47.2 Å². The summed E-state index contributed by atoms with van der Waals surface area (Å²) in [5, 5.41) is 12.4. The normalized spacial score (nSPS) is 14.2. The van der Waals surface area contributed by atoms with Crippen LogP contribution in [0.2, 0.25) is 0 Å². The first-order chi connectivity index (χ1) is 12.2. The van der Waals surface area contributed by atoms with Crippen molar-refractivity contribution in [3.8, 4) is 16.9 Å². The lowest BCUT2D eigenvalue weighted by atomic mass is 10.1. The van der Waals surface area contributed by atoms with Gasteiger partial charge in [0.15, 0.2) is 0 Å². The Morgan fingerprint density at radius 3 is 3.08 bits per heavy atom. The minimum atomic E-state index is -1.04. The fraction of sp³-hybridized carbons (Fsp3) is 0.176. The van der Waals surface area contributed by atoms with Crippen molar-refractivity contribution in [3.63, 3.8) is 0 Å². The molecule has 2 N–H and O–H groups in total. The zero-order valence-corrected chi connectivity index (χ0v) is 13.2. The number of carbonyl (C=O) groups is 1. The van der Waals surface area contributed by atoms with Gasteiger partial charge < -0.3 is 14.6 Å². The summed E-state index contributed by atoms with van der Waals surface area (Å²) in [5.74, 6) is -0.167. The van der Waals surface area contributed by atoms with Gasteiger partial charge in [-0.15, -0.1) is 4.52 Å². The van der Waals surface area contributed by atoms with Crippen LogP contribution in [0.25, 0.3) is 16.8 Å². The number of hydrogen-bond acceptors (Lipinski definition) is 5. The number of rotatable bonds is 1. The van der Waals surface area contributed by atoms with Crippen LogP contribution in [0.3, 0.4) is 0 Å². The lowest BCUT2D eigenvalue weighted by Gasteiger charge is -2.10. The highest BCUT2D eigenvalue weighted by molar-refractivity contribution is 5.92. The van der Waals surface area contributed by atoms with Gasteiger partial charge in [-0.2, -0.15) is 0 Å². The van der Waals surface area contributed by atoms with E-state index in [4.69, 9.17) is 9.47 Å². The third kappa shape index (κ3) is 2.94. The summed E-state index contributed by atoms with van der Waals surface area (Å²) in [5.41, 5.74) is 2.41. The number of aromatic amines is 1. The lowest BCUT2D eigenvalue weighted by molar-refractivity contribution is -0.578. The maximum Gasteiger partial charge on any atom is 0.358 e. The number of ether oxygens (including phenoxy) is 2. The molecule has 1 aliphatic heterocycles. The Morgan fingerprint density at radius 1 is 1.28 bits per heavy atom. The van der Waals surface area contributed by atoms with Crippen LogP contribution in [0.1, 0.15) is 10.4 Å². The van der Waals surface area contributed by atoms with Crippen molar-refractivity contribution < 1.29 is 23.9 Å². The predicted octanol–water partition coefficient (Wildman–Crippen LogP) is 1.62. The van der Waals surface area contributed by atoms with Gasteiger partial charge in [-0.05, 0) is 22.7 Å². The topological polar surface area (TPSA) is 101 Å². The Balaban J connectivity index is 1.90. The number of nitrogens with one attached hydrogen (secondary N) is 1. The Morgan fingerprint density at radius 2 is 2.20 bits per heavy atom. The van der Waals surface area contributed by atoms with E-state index in [1.54, 1.807) is 28.9 Å². The van der Waals surface area contributed by atoms with E-state index in [2.05, 4.69) is 15.1 Å². The summed E-state index contributed by atoms with van der Waals surface area (Å²) >= 11 is 0. The highest BCUT2D eigenvalue weighted by atomic mass is 16.5. The molecule has 0 radical (unpaired) electrons. The molecule has 126 valence electrons. The Kier molecular flexibility index (Phi) is 3.87. The average molecular weight is 339 g/mol. The molecule has 1 aliphatic rings. The molecule has 0 amide bonds. The Labute approximate surface area is 142 Å². The van der Waals surface area contributed by atoms with Crippen LogP contribution in [-0.2, 0) is 4.74 Å². The van der Waals surface area contributed by atoms with Gasteiger partial charge in [0, 0.05) is 6.21 Å². The first-order valence-electron chi connectivity index (χ1n) is 7.73. The molecule has 8 nitrogen and oxygen atoms in total. The molecule has 25 heavy (non-hydrogen) atoms. The van der Waals surface area contributed by atoms with Crippen LogP contribution < -0.4 is 9.25 Å². The molecule has 0 aliphatic carbocycles. The monoisotopic (exact) mass is 339 g/mol. The fourth-order valence-electron chi connectivity index (χ4n) is 2.65. The van der Waals surface area contributed by atoms with Crippen LogP contribution in [0, 0.1) is 0 Å². The molecule has 0 saturated carbocycles. The zero-order valence-electron chi connectivity index (χ0n) is 13.2. The van der Waals surface area contributed by atoms with Gasteiger partial charge in [0.2, 0.25) is 0 Å². The second-order valence-corrected chi connectivity index (χ2v) is 5.42. The summed E-state index contributed by atoms with van der Waals surface area (Å²) < 4.78 is 12.8. The number of fused-ring (bicyclic) bond motifs is 4. The van der Waals surface area contributed by atoms with Gasteiger partial charge in [0.05, 0.1) is 31.0 Å². The van der Waals surface area contributed by atoms with E-state index < -0.39 is 5.97 Å². The van der Waals surface area contributed by atoms with Gasteiger partial charge in [-0.1, -0.05) is 6.07 Å². The third-order valence-corrected chi connectivity index (χ3v) is 3.83. The highest BCUT2D eigenvalue weighted by Gasteiger charge is 2.20. The van der Waals surface area contributed by atoms with Gasteiger partial charge in [0.25, 0.3) is 5.82 Å². The summed E-state index contributed by atoms with van der Waals surface area (Å²) in [6.45, 7) is 0.896. The van der Waals surface area contributed by atoms with Gasteiger partial charge >= 0.3 is 11.6 Å². The fourth-order valence-corrected chi connectivity index (χ4v) is 2.65. The number of nitrogens with zero attached hydrogens (tertiary/aromatic N) is 3. The number of carboxylic acids is 1. The molecule has 2 aromatic heterocycles. The Bertz CT molecular complexity index is 980. The first-order valence-corrected chi connectivity index (χ1v) is 7.73. The largest absolute Gasteiger partial charge is 0.490 e. The molecule has 4 bridgehead atoms. The van der Waals surface area contributed by atoms with E-state index in [1.165, 1.54) is 6.07 Å². The van der Waals surface area contributed by atoms with Crippen molar-refractivity contribution in [2.75, 3.05) is 19.8 Å². The second kappa shape index (κ2) is 6.33. The van der Waals surface area contributed by atoms with E-state index in [1.807, 2.05) is 12.4 Å². The maximum atomic E-state index is 11.4. The molecule has 0 saturated heterocycles. The van der Waals surface area contributed by atoms with Gasteiger partial charge in [0.1, 0.15) is 24.1 Å². The van der Waals surface area contributed by atoms with Crippen LogP contribution in [0.15, 0.2) is 41.7 Å². The molecule has 1 aromatic carbocycles. The van der Waals surface area contributed by atoms with E-state index in [0.717, 1.165) is 11.1 Å². The Hall–Kier alpha value is -3.26. The molecule has 8 heteroatoms. The van der Waals surface area contributed by atoms with Crippen LogP contribution in [0.4, 0.5) is 5.82 Å². The standard InChI is InChI=1S/C17H14N4O4/c22-17(23)12-2-1-11-9-14(12)25-8-7-24-6-4-18-15-3-5-21-16(20-15)13(11)10-19-21/h1-5,9-10H,6-8H2,(H,22,23)/p+1. The molecule has 0 atom stereocenters. The molecular formula is C17H15N4O4+. The number of hydrogen-bond donors (Lipinski definition) is 2. The number of aromatic carboxylic acids is 1. The van der Waals surface area contributed by atoms with Crippen molar-refractivity contribution >= 4 is 23.6 Å². The minimum Gasteiger partial charge on any atom is -0.490 e. The van der Waals surface area contributed by atoms with E-state index in [0.29, 0.717) is 30.4 Å². The third-order valence-electron chi connectivity index (χ3n) is 3.83. The minimum absolute atomic E-state index is 0.110. The summed E-state index contributed by atoms with van der Waals surface area (Å²) in [6, 6.07) is 6.76. The highest BCUT2D eigenvalue weighted by Crippen LogP contribution is 2.29. The van der Waals surface area contributed by atoms with Crippen molar-refractivity contribution in [3.05, 3.63) is 42.2 Å². The van der Waals surface area contributed by atoms with E-state index in [9.17, 15) is 9.90 Å². The maximum absolute atomic E-state index is 11.4. The summed E-state index contributed by atoms with van der Waals surface area (Å²) in [6.07, 6.45) is 5.28. The number of benzene rings is 1. The molecule has 0 fully saturated rings. The number of carboxylic acid groups (broad SMARTS) is 1. The van der Waals surface area contributed by atoms with Crippen LogP contribution in [0.5, 0.6) is 5.75 Å². The average Bonchev–Trinajstić information content (AvgIpc) is 3.03. The number of aliphatic imine (C=N–C) groups is 1. The molecule has 3 heterocycles. The number of aromatic nitrogens is 3. The van der Waals surface area contributed by atoms with Gasteiger partial charge in [-0.3, -0.25) is 0 Å². The number of H-pyrrole nitrogens is 1. The van der Waals surface area contributed by atoms with Crippen molar-refractivity contribution in [2.24, 2.45) is 4.99 Å². The molecule has 3 aromatic rings. The molecule has 0 spiro atoms. The van der Waals surface area contributed by atoms with E-state index in [-0.39, 0.29) is 12.2 Å². The lowest BCUT2D eigenvalue weighted by Crippen LogP contribution is -2.22. The molecule has 4 rings (SSSR count). The van der Waals surface area contributed by atoms with Gasteiger partial charge in [-0.25, -0.2) is 14.9 Å². The van der Waals surface area contributed by atoms with Crippen molar-refractivity contribution in [2.45, 2.75) is 0 Å². The second-order valence-electron chi connectivity index (χ2n) is 5.42. The van der Waals surface area contributed by atoms with Crippen molar-refractivity contribution in [1.29, 1.82) is 0 Å². The van der Waals surface area contributed by atoms with Crippen LogP contribution >= 0.6 is 0 Å². The molecular weight excluding hydrogens is 324 g/mol. The van der Waals surface area contributed by atoms with Crippen molar-refractivity contribution in [1.82, 2.24) is 10.1 Å². The summed E-state index contributed by atoms with van der Waals surface area (Å²) in [4.78, 5) is 20.2. The first kappa shape index (κ1) is 15.3.